The highest BCUT2D eigenvalue weighted by atomic mass is 35.6. The molecule has 0 unspecified atom stereocenters. The lowest BCUT2D eigenvalue weighted by molar-refractivity contribution is -0.122. The molecule has 3 N–H and O–H groups in total. The van der Waals surface area contributed by atoms with E-state index in [0.717, 1.165) is 19.3 Å². The van der Waals surface area contributed by atoms with Gasteiger partial charge in [0.2, 0.25) is 9.70 Å². The summed E-state index contributed by atoms with van der Waals surface area (Å²) in [7, 11) is 1.31. The van der Waals surface area contributed by atoms with Crippen molar-refractivity contribution in [3.8, 4) is 0 Å². The number of carbonyl (C=O) groups is 2. The maximum absolute atomic E-state index is 12.2. The fraction of sp³-hybridized carbons (Fsp3) is 0.550. The van der Waals surface area contributed by atoms with Gasteiger partial charge >= 0.3 is 5.97 Å². The minimum Gasteiger partial charge on any atom is -0.465 e. The van der Waals surface area contributed by atoms with E-state index in [0.29, 0.717) is 17.7 Å². The van der Waals surface area contributed by atoms with Gasteiger partial charge < -0.3 is 20.7 Å². The van der Waals surface area contributed by atoms with E-state index in [1.807, 2.05) is 0 Å². The summed E-state index contributed by atoms with van der Waals surface area (Å²) in [5, 5.41) is 8.54. The first-order chi connectivity index (χ1) is 14.2. The second kappa shape index (κ2) is 13.9. The first-order valence-corrected chi connectivity index (χ1v) is 11.3. The van der Waals surface area contributed by atoms with Crippen molar-refractivity contribution in [3.63, 3.8) is 0 Å². The number of halogens is 3. The molecule has 0 aliphatic carbocycles. The van der Waals surface area contributed by atoms with E-state index in [4.69, 9.17) is 47.0 Å². The number of esters is 1. The molecule has 1 atom stereocenters. The topological polar surface area (TPSA) is 79.5 Å². The van der Waals surface area contributed by atoms with Gasteiger partial charge in [-0.3, -0.25) is 4.79 Å². The van der Waals surface area contributed by atoms with E-state index in [2.05, 4.69) is 27.6 Å². The zero-order valence-corrected chi connectivity index (χ0v) is 20.2. The standard InChI is InChI=1S/C20H28Cl3N3O3S/c1-3-4-5-6-7-8-9-16(27)25-18(20(21,22)23)26-19(30)24-15-12-10-14(11-13-15)17(28)29-2/h10-13,18H,3-9H2,1-2H3,(H,25,27)(H2,24,26,30)/t18-/m0/s1. The third-order valence-corrected chi connectivity index (χ3v) is 5.10. The Kier molecular flexibility index (Phi) is 12.4. The largest absolute Gasteiger partial charge is 0.465 e. The van der Waals surface area contributed by atoms with Crippen LogP contribution in [0.25, 0.3) is 0 Å². The van der Waals surface area contributed by atoms with Crippen LogP contribution in [0.3, 0.4) is 0 Å². The lowest BCUT2D eigenvalue weighted by Crippen LogP contribution is -2.56. The summed E-state index contributed by atoms with van der Waals surface area (Å²) in [4.78, 5) is 23.7. The monoisotopic (exact) mass is 495 g/mol. The number of carbonyl (C=O) groups excluding carboxylic acids is 2. The second-order valence-electron chi connectivity index (χ2n) is 6.73. The molecule has 6 nitrogen and oxygen atoms in total. The van der Waals surface area contributed by atoms with Gasteiger partial charge in [-0.05, 0) is 42.9 Å². The molecule has 0 aliphatic rings. The summed E-state index contributed by atoms with van der Waals surface area (Å²) >= 11 is 23.2. The number of alkyl halides is 3. The van der Waals surface area contributed by atoms with Crippen molar-refractivity contribution in [2.45, 2.75) is 61.8 Å². The Hall–Kier alpha value is -1.28. The van der Waals surface area contributed by atoms with Gasteiger partial charge in [-0.25, -0.2) is 4.79 Å². The quantitative estimate of drug-likeness (QED) is 0.126. The highest BCUT2D eigenvalue weighted by Gasteiger charge is 2.34. The molecule has 0 radical (unpaired) electrons. The third kappa shape index (κ3) is 10.7. The van der Waals surface area contributed by atoms with Crippen molar-refractivity contribution < 1.29 is 14.3 Å². The Morgan fingerprint density at radius 1 is 1.03 bits per heavy atom. The van der Waals surface area contributed by atoms with E-state index < -0.39 is 15.9 Å². The summed E-state index contributed by atoms with van der Waals surface area (Å²) < 4.78 is 2.85. The van der Waals surface area contributed by atoms with Crippen LogP contribution in [0, 0.1) is 0 Å². The zero-order chi connectivity index (χ0) is 22.6. The number of unbranched alkanes of at least 4 members (excludes halogenated alkanes) is 5. The Balaban J connectivity index is 2.54. The first kappa shape index (κ1) is 26.8. The number of hydrogen-bond donors (Lipinski definition) is 3. The fourth-order valence-corrected chi connectivity index (χ4v) is 3.17. The van der Waals surface area contributed by atoms with Gasteiger partial charge in [-0.1, -0.05) is 73.8 Å². The van der Waals surface area contributed by atoms with Gasteiger partial charge in [0.25, 0.3) is 0 Å². The predicted octanol–water partition coefficient (Wildman–Crippen LogP) is 5.32. The number of amides is 1. The van der Waals surface area contributed by atoms with Crippen molar-refractivity contribution in [1.29, 1.82) is 0 Å². The molecule has 30 heavy (non-hydrogen) atoms. The molecule has 1 aromatic carbocycles. The molecule has 0 heterocycles. The number of anilines is 1. The SMILES string of the molecule is CCCCCCCCC(=O)N[C@@H](NC(=S)Nc1ccc(C(=O)OC)cc1)C(Cl)(Cl)Cl. The maximum Gasteiger partial charge on any atom is 0.337 e. The van der Waals surface area contributed by atoms with Gasteiger partial charge in [0.15, 0.2) is 5.11 Å². The van der Waals surface area contributed by atoms with Crippen LogP contribution in [0.4, 0.5) is 5.69 Å². The number of benzene rings is 1. The van der Waals surface area contributed by atoms with Crippen LogP contribution < -0.4 is 16.0 Å². The molecule has 1 aromatic rings. The van der Waals surface area contributed by atoms with Crippen LogP contribution in [0.15, 0.2) is 24.3 Å². The lowest BCUT2D eigenvalue weighted by atomic mass is 10.1. The summed E-state index contributed by atoms with van der Waals surface area (Å²) in [5.74, 6) is -0.661. The second-order valence-corrected chi connectivity index (χ2v) is 9.50. The fourth-order valence-electron chi connectivity index (χ4n) is 2.60. The maximum atomic E-state index is 12.2. The number of ether oxygens (including phenoxy) is 1. The Morgan fingerprint density at radius 2 is 1.63 bits per heavy atom. The molecule has 168 valence electrons. The molecule has 0 fully saturated rings. The minimum atomic E-state index is -1.81. The number of nitrogens with one attached hydrogen (secondary N) is 3. The van der Waals surface area contributed by atoms with E-state index in [9.17, 15) is 9.59 Å². The molecule has 10 heteroatoms. The minimum absolute atomic E-state index is 0.150. The van der Waals surface area contributed by atoms with Crippen LogP contribution in [0.5, 0.6) is 0 Å². The number of hydrogen-bond acceptors (Lipinski definition) is 4. The molecular weight excluding hydrogens is 469 g/mol. The number of rotatable bonds is 11. The van der Waals surface area contributed by atoms with E-state index in [1.54, 1.807) is 24.3 Å². The molecule has 1 rings (SSSR count). The Labute approximate surface area is 198 Å². The zero-order valence-electron chi connectivity index (χ0n) is 17.1. The summed E-state index contributed by atoms with van der Waals surface area (Å²) in [5.41, 5.74) is 1.02. The van der Waals surface area contributed by atoms with E-state index in [1.165, 1.54) is 26.4 Å². The third-order valence-electron chi connectivity index (χ3n) is 4.23. The number of methoxy groups -OCH3 is 1. The molecule has 0 aromatic heterocycles. The van der Waals surface area contributed by atoms with Gasteiger partial charge in [0.1, 0.15) is 6.17 Å². The van der Waals surface area contributed by atoms with Crippen molar-refractivity contribution in [2.24, 2.45) is 0 Å². The first-order valence-electron chi connectivity index (χ1n) is 9.79. The van der Waals surface area contributed by atoms with Crippen molar-refractivity contribution in [3.05, 3.63) is 29.8 Å². The van der Waals surface area contributed by atoms with Gasteiger partial charge in [0.05, 0.1) is 12.7 Å². The summed E-state index contributed by atoms with van der Waals surface area (Å²) in [6, 6.07) is 6.49. The number of thiocarbonyl (C=S) groups is 1. The molecular formula is C20H28Cl3N3O3S. The summed E-state index contributed by atoms with van der Waals surface area (Å²) in [6.45, 7) is 2.16. The van der Waals surface area contributed by atoms with Gasteiger partial charge in [0, 0.05) is 12.1 Å². The molecule has 0 bridgehead atoms. The smallest absolute Gasteiger partial charge is 0.337 e. The van der Waals surface area contributed by atoms with Crippen LogP contribution in [0.1, 0.15) is 62.2 Å². The van der Waals surface area contributed by atoms with Crippen molar-refractivity contribution >= 4 is 69.7 Å². The normalized spacial score (nSPS) is 12.0. The van der Waals surface area contributed by atoms with Gasteiger partial charge in [-0.2, -0.15) is 0 Å². The molecule has 0 aliphatic heterocycles. The average molecular weight is 497 g/mol. The predicted molar refractivity (Wildman–Crippen MR) is 127 cm³/mol. The molecule has 0 spiro atoms. The van der Waals surface area contributed by atoms with Crippen molar-refractivity contribution in [1.82, 2.24) is 10.6 Å². The van der Waals surface area contributed by atoms with Crippen molar-refractivity contribution in [2.75, 3.05) is 12.4 Å². The van der Waals surface area contributed by atoms with E-state index >= 15 is 0 Å². The highest BCUT2D eigenvalue weighted by Crippen LogP contribution is 2.29. The lowest BCUT2D eigenvalue weighted by Gasteiger charge is -2.27. The Morgan fingerprint density at radius 3 is 2.20 bits per heavy atom. The van der Waals surface area contributed by atoms with Crippen LogP contribution in [-0.4, -0.2) is 34.1 Å². The van der Waals surface area contributed by atoms with E-state index in [-0.39, 0.29) is 11.0 Å². The molecule has 0 saturated carbocycles. The van der Waals surface area contributed by atoms with Crippen LogP contribution >= 0.6 is 47.0 Å². The molecule has 0 saturated heterocycles. The average Bonchev–Trinajstić information content (AvgIpc) is 2.69. The molecule has 1 amide bonds. The van der Waals surface area contributed by atoms with Crippen LogP contribution in [-0.2, 0) is 9.53 Å². The highest BCUT2D eigenvalue weighted by molar-refractivity contribution is 7.80. The van der Waals surface area contributed by atoms with Crippen LogP contribution in [0.2, 0.25) is 0 Å². The summed E-state index contributed by atoms with van der Waals surface area (Å²) in [6.07, 6.45) is 5.78. The van der Waals surface area contributed by atoms with Gasteiger partial charge in [-0.15, -0.1) is 0 Å². The Bertz CT molecular complexity index is 697.